The molecule has 0 aromatic carbocycles. The van der Waals surface area contributed by atoms with Crippen molar-refractivity contribution in [2.24, 2.45) is 0 Å². The van der Waals surface area contributed by atoms with Crippen molar-refractivity contribution < 1.29 is 0 Å². The number of hydrogen-bond acceptors (Lipinski definition) is 2. The Morgan fingerprint density at radius 2 is 2.26 bits per heavy atom. The first kappa shape index (κ1) is 14.5. The van der Waals surface area contributed by atoms with Crippen LogP contribution in [0.4, 0.5) is 0 Å². The number of aromatic nitrogens is 1. The van der Waals surface area contributed by atoms with Gasteiger partial charge in [-0.05, 0) is 37.1 Å². The topological polar surface area (TPSA) is 16.1 Å². The first-order valence-electron chi connectivity index (χ1n) is 7.14. The Balaban J connectivity index is 2.09. The van der Waals surface area contributed by atoms with E-state index in [1.54, 1.807) is 0 Å². The maximum atomic E-state index is 6.59. The molecule has 0 saturated heterocycles. The minimum absolute atomic E-state index is 0.268. The first-order chi connectivity index (χ1) is 9.11. The quantitative estimate of drug-likeness (QED) is 0.598. The van der Waals surface area contributed by atoms with Crippen LogP contribution in [0.15, 0.2) is 30.6 Å². The third-order valence-corrected chi connectivity index (χ3v) is 3.74. The molecular weight excluding hydrogens is 256 g/mol. The van der Waals surface area contributed by atoms with Crippen molar-refractivity contribution in [3.8, 4) is 0 Å². The molecular formula is C16H23ClN2. The molecule has 0 bridgehead atoms. The largest absolute Gasteiger partial charge is 0.297 e. The second-order valence-corrected chi connectivity index (χ2v) is 6.47. The van der Waals surface area contributed by atoms with Crippen molar-refractivity contribution in [3.05, 3.63) is 36.2 Å². The Morgan fingerprint density at radius 1 is 1.42 bits per heavy atom. The Labute approximate surface area is 121 Å². The fraction of sp³-hybridized carbons (Fsp3) is 0.562. The van der Waals surface area contributed by atoms with Crippen LogP contribution >= 0.6 is 11.6 Å². The number of alkyl halides is 1. The van der Waals surface area contributed by atoms with Crippen LogP contribution in [0.3, 0.4) is 0 Å². The van der Waals surface area contributed by atoms with Gasteiger partial charge in [0.05, 0.1) is 4.87 Å². The van der Waals surface area contributed by atoms with Crippen molar-refractivity contribution in [2.75, 3.05) is 19.6 Å². The third-order valence-electron chi connectivity index (χ3n) is 3.51. The Kier molecular flexibility index (Phi) is 5.00. The molecule has 1 unspecified atom stereocenters. The van der Waals surface area contributed by atoms with E-state index in [4.69, 9.17) is 11.6 Å². The fourth-order valence-corrected chi connectivity index (χ4v) is 2.96. The molecule has 0 N–H and O–H groups in total. The van der Waals surface area contributed by atoms with Gasteiger partial charge in [0, 0.05) is 25.5 Å². The van der Waals surface area contributed by atoms with E-state index in [9.17, 15) is 0 Å². The molecule has 2 nitrogen and oxygen atoms in total. The van der Waals surface area contributed by atoms with Gasteiger partial charge in [-0.25, -0.2) is 0 Å². The second kappa shape index (κ2) is 6.53. The summed E-state index contributed by atoms with van der Waals surface area (Å²) >= 11 is 6.59. The summed E-state index contributed by atoms with van der Waals surface area (Å²) in [6.45, 7) is 7.38. The average Bonchev–Trinajstić information content (AvgIpc) is 2.38. The summed E-state index contributed by atoms with van der Waals surface area (Å²) in [6, 6.07) is 4.10. The van der Waals surface area contributed by atoms with Crippen LogP contribution in [0.25, 0.3) is 5.57 Å². The summed E-state index contributed by atoms with van der Waals surface area (Å²) in [5, 5.41) is 0. The van der Waals surface area contributed by atoms with Crippen LogP contribution < -0.4 is 0 Å². The fourth-order valence-electron chi connectivity index (χ4n) is 2.66. The van der Waals surface area contributed by atoms with E-state index in [2.05, 4.69) is 35.9 Å². The molecule has 0 amide bonds. The van der Waals surface area contributed by atoms with Crippen molar-refractivity contribution in [1.82, 2.24) is 9.88 Å². The zero-order valence-electron chi connectivity index (χ0n) is 11.9. The number of halogens is 1. The summed E-state index contributed by atoms with van der Waals surface area (Å²) in [6.07, 6.45) is 9.74. The number of unbranched alkanes of at least 4 members (excludes halogenated alkanes) is 2. The molecule has 0 aliphatic carbocycles. The predicted octanol–water partition coefficient (Wildman–Crippen LogP) is 3.97. The molecule has 0 saturated carbocycles. The first-order valence-corrected chi connectivity index (χ1v) is 7.52. The van der Waals surface area contributed by atoms with Gasteiger partial charge in [0.1, 0.15) is 0 Å². The van der Waals surface area contributed by atoms with E-state index in [1.165, 1.54) is 30.4 Å². The summed E-state index contributed by atoms with van der Waals surface area (Å²) in [5.41, 5.74) is 2.49. The minimum Gasteiger partial charge on any atom is -0.297 e. The molecule has 3 heteroatoms. The van der Waals surface area contributed by atoms with Crippen LogP contribution in [0.5, 0.6) is 0 Å². The van der Waals surface area contributed by atoms with Gasteiger partial charge in [-0.15, -0.1) is 11.6 Å². The lowest BCUT2D eigenvalue weighted by atomic mass is 9.96. The number of nitrogens with zero attached hydrogens (tertiary/aromatic N) is 2. The Hall–Kier alpha value is -0.860. The van der Waals surface area contributed by atoms with Gasteiger partial charge >= 0.3 is 0 Å². The van der Waals surface area contributed by atoms with E-state index in [-0.39, 0.29) is 4.87 Å². The molecule has 0 fully saturated rings. The van der Waals surface area contributed by atoms with Crippen molar-refractivity contribution in [2.45, 2.75) is 38.0 Å². The van der Waals surface area contributed by atoms with Crippen LogP contribution in [0.1, 0.15) is 38.7 Å². The van der Waals surface area contributed by atoms with Gasteiger partial charge in [-0.3, -0.25) is 9.88 Å². The molecule has 1 aromatic rings. The standard InChI is InChI=1S/C16H23ClN2/c1-3-4-5-9-19-12-15(10-16(2,17)13-19)14-7-6-8-18-11-14/h6-8,10-11H,3-5,9,12-13H2,1-2H3. The lowest BCUT2D eigenvalue weighted by Gasteiger charge is -2.35. The number of pyridine rings is 1. The van der Waals surface area contributed by atoms with E-state index in [1.807, 2.05) is 18.5 Å². The van der Waals surface area contributed by atoms with Gasteiger partial charge in [0.15, 0.2) is 0 Å². The molecule has 1 aliphatic heterocycles. The minimum atomic E-state index is -0.268. The lowest BCUT2D eigenvalue weighted by Crippen LogP contribution is -2.41. The monoisotopic (exact) mass is 278 g/mol. The Bertz CT molecular complexity index is 426. The van der Waals surface area contributed by atoms with Gasteiger partial charge in [-0.2, -0.15) is 0 Å². The molecule has 1 atom stereocenters. The summed E-state index contributed by atoms with van der Waals surface area (Å²) in [5.74, 6) is 0. The van der Waals surface area contributed by atoms with Gasteiger partial charge in [0.25, 0.3) is 0 Å². The SMILES string of the molecule is CCCCCN1CC(c2cccnc2)=CC(C)(Cl)C1. The second-order valence-electron chi connectivity index (χ2n) is 5.61. The van der Waals surface area contributed by atoms with Crippen LogP contribution in [-0.4, -0.2) is 34.4 Å². The maximum absolute atomic E-state index is 6.59. The highest BCUT2D eigenvalue weighted by Gasteiger charge is 2.28. The molecule has 2 heterocycles. The maximum Gasteiger partial charge on any atom is 0.0730 e. The predicted molar refractivity (Wildman–Crippen MR) is 82.4 cm³/mol. The highest BCUT2D eigenvalue weighted by atomic mass is 35.5. The zero-order valence-corrected chi connectivity index (χ0v) is 12.7. The molecule has 2 rings (SSSR count). The summed E-state index contributed by atoms with van der Waals surface area (Å²) in [7, 11) is 0. The highest BCUT2D eigenvalue weighted by Crippen LogP contribution is 2.30. The van der Waals surface area contributed by atoms with E-state index in [0.717, 1.165) is 19.6 Å². The van der Waals surface area contributed by atoms with Crippen molar-refractivity contribution in [1.29, 1.82) is 0 Å². The van der Waals surface area contributed by atoms with Crippen LogP contribution in [0.2, 0.25) is 0 Å². The van der Waals surface area contributed by atoms with E-state index >= 15 is 0 Å². The number of hydrogen-bond donors (Lipinski definition) is 0. The highest BCUT2D eigenvalue weighted by molar-refractivity contribution is 6.25. The Morgan fingerprint density at radius 3 is 2.95 bits per heavy atom. The van der Waals surface area contributed by atoms with Gasteiger partial charge in [-0.1, -0.05) is 31.9 Å². The molecule has 19 heavy (non-hydrogen) atoms. The number of rotatable bonds is 5. The summed E-state index contributed by atoms with van der Waals surface area (Å²) < 4.78 is 0. The van der Waals surface area contributed by atoms with E-state index < -0.39 is 0 Å². The average molecular weight is 279 g/mol. The van der Waals surface area contributed by atoms with Crippen LogP contribution in [-0.2, 0) is 0 Å². The normalized spacial score (nSPS) is 24.3. The summed E-state index contributed by atoms with van der Waals surface area (Å²) in [4.78, 5) is 6.40. The van der Waals surface area contributed by atoms with E-state index in [0.29, 0.717) is 0 Å². The van der Waals surface area contributed by atoms with Gasteiger partial charge < -0.3 is 0 Å². The van der Waals surface area contributed by atoms with Crippen LogP contribution in [0, 0.1) is 0 Å². The third kappa shape index (κ3) is 4.32. The van der Waals surface area contributed by atoms with Crippen molar-refractivity contribution >= 4 is 17.2 Å². The molecule has 1 aromatic heterocycles. The smallest absolute Gasteiger partial charge is 0.0730 e. The lowest BCUT2D eigenvalue weighted by molar-refractivity contribution is 0.275. The zero-order chi connectivity index (χ0) is 13.7. The molecule has 104 valence electrons. The van der Waals surface area contributed by atoms with Gasteiger partial charge in [0.2, 0.25) is 0 Å². The van der Waals surface area contributed by atoms with Crippen molar-refractivity contribution in [3.63, 3.8) is 0 Å². The molecule has 0 spiro atoms. The molecule has 1 aliphatic rings. The molecule has 0 radical (unpaired) electrons.